The topological polar surface area (TPSA) is 51.2 Å². The zero-order valence-corrected chi connectivity index (χ0v) is 11.0. The van der Waals surface area contributed by atoms with Crippen LogP contribution in [0.25, 0.3) is 0 Å². The first-order valence-electron chi connectivity index (χ1n) is 6.38. The summed E-state index contributed by atoms with van der Waals surface area (Å²) in [6.45, 7) is 2.25. The fourth-order valence-electron chi connectivity index (χ4n) is 2.31. The number of aromatic nitrogens is 1. The van der Waals surface area contributed by atoms with E-state index in [0.717, 1.165) is 5.76 Å². The summed E-state index contributed by atoms with van der Waals surface area (Å²) in [4.78, 5) is 15.5. The molecule has 2 atom stereocenters. The van der Waals surface area contributed by atoms with E-state index >= 15 is 0 Å². The zero-order valence-electron chi connectivity index (χ0n) is 11.0. The van der Waals surface area contributed by atoms with Gasteiger partial charge in [0.2, 0.25) is 0 Å². The molecule has 0 bridgehead atoms. The molecule has 1 heterocycles. The van der Waals surface area contributed by atoms with Crippen molar-refractivity contribution in [3.63, 3.8) is 0 Å². The van der Waals surface area contributed by atoms with Crippen molar-refractivity contribution in [2.45, 2.75) is 13.3 Å². The predicted octanol–water partition coefficient (Wildman–Crippen LogP) is 2.55. The second kappa shape index (κ2) is 4.23. The van der Waals surface area contributed by atoms with E-state index in [9.17, 15) is 4.79 Å². The van der Waals surface area contributed by atoms with Crippen LogP contribution in [0.3, 0.4) is 0 Å². The molecule has 0 saturated heterocycles. The van der Waals surface area contributed by atoms with Crippen LogP contribution in [0.15, 0.2) is 42.3 Å². The molecule has 0 spiro atoms. The minimum atomic E-state index is -0.214. The van der Waals surface area contributed by atoms with Gasteiger partial charge >= 0.3 is 0 Å². The lowest BCUT2D eigenvalue weighted by Gasteiger charge is -2.12. The summed E-state index contributed by atoms with van der Waals surface area (Å²) in [6.07, 6.45) is 9.13. The molecule has 0 radical (unpaired) electrons. The molecule has 4 nitrogen and oxygen atoms in total. The minimum absolute atomic E-state index is 0. The molecule has 0 aliphatic heterocycles. The van der Waals surface area contributed by atoms with Crippen molar-refractivity contribution in [2.75, 3.05) is 7.05 Å². The Morgan fingerprint density at radius 1 is 1.63 bits per heavy atom. The van der Waals surface area contributed by atoms with E-state index in [1.807, 2.05) is 6.08 Å². The number of rotatable bonds is 3. The molecular weight excluding hydrogens is 240 g/mol. The molecule has 1 aromatic rings. The fraction of sp³-hybridized carbons (Fsp3) is 0.333. The zero-order chi connectivity index (χ0) is 13.5. The van der Waals surface area contributed by atoms with Crippen molar-refractivity contribution in [3.05, 3.63) is 48.0 Å². The number of amides is 1. The number of carbonyl (C=O) groups excluding carboxylic acids is 1. The van der Waals surface area contributed by atoms with Gasteiger partial charge < -0.3 is 10.1 Å². The average molecular weight is 258 g/mol. The number of fused-ring (bicyclic) bond motifs is 1. The first-order valence-corrected chi connectivity index (χ1v) is 6.38. The number of ether oxygens (including phenoxy) is 1. The van der Waals surface area contributed by atoms with Gasteiger partial charge in [0.25, 0.3) is 5.91 Å². The van der Waals surface area contributed by atoms with Crippen LogP contribution in [0.5, 0.6) is 5.75 Å². The second-order valence-electron chi connectivity index (χ2n) is 5.28. The summed E-state index contributed by atoms with van der Waals surface area (Å²) in [5, 5.41) is 2.55. The van der Waals surface area contributed by atoms with Crippen LogP contribution in [0.1, 0.15) is 25.3 Å². The van der Waals surface area contributed by atoms with Gasteiger partial charge in [0.05, 0.1) is 0 Å². The van der Waals surface area contributed by atoms with Crippen molar-refractivity contribution in [2.24, 2.45) is 11.3 Å². The van der Waals surface area contributed by atoms with E-state index in [2.05, 4.69) is 29.4 Å². The van der Waals surface area contributed by atoms with Crippen LogP contribution in [-0.4, -0.2) is 17.9 Å². The first-order chi connectivity index (χ1) is 9.10. The Bertz CT molecular complexity index is 597. The van der Waals surface area contributed by atoms with E-state index in [1.54, 1.807) is 25.4 Å². The monoisotopic (exact) mass is 258 g/mol. The minimum Gasteiger partial charge on any atom is -0.458 e. The quantitative estimate of drug-likeness (QED) is 0.906. The summed E-state index contributed by atoms with van der Waals surface area (Å²) >= 11 is 0. The highest BCUT2D eigenvalue weighted by Crippen LogP contribution is 2.56. The van der Waals surface area contributed by atoms with Gasteiger partial charge in [0, 0.05) is 20.7 Å². The second-order valence-corrected chi connectivity index (χ2v) is 5.28. The molecular formula is C15H18N2O2. The Balaban J connectivity index is 0.00000147. The lowest BCUT2D eigenvalue weighted by molar-refractivity contribution is 0.0958. The number of allylic oxidation sites excluding steroid dienone is 3. The molecule has 1 N–H and O–H groups in total. The summed E-state index contributed by atoms with van der Waals surface area (Å²) in [5.41, 5.74) is 0.704. The smallest absolute Gasteiger partial charge is 0.269 e. The van der Waals surface area contributed by atoms with E-state index in [0.29, 0.717) is 22.8 Å². The number of carbonyl (C=O) groups is 1. The van der Waals surface area contributed by atoms with Crippen molar-refractivity contribution >= 4 is 5.91 Å². The summed E-state index contributed by atoms with van der Waals surface area (Å²) in [5.74, 6) is 1.85. The van der Waals surface area contributed by atoms with E-state index < -0.39 is 0 Å². The highest BCUT2D eigenvalue weighted by molar-refractivity contribution is 5.92. The molecule has 0 aromatic carbocycles. The molecule has 1 amide bonds. The fourth-order valence-corrected chi connectivity index (χ4v) is 2.31. The first kappa shape index (κ1) is 12.0. The molecule has 1 saturated carbocycles. The molecule has 2 aliphatic rings. The largest absolute Gasteiger partial charge is 0.458 e. The Kier molecular flexibility index (Phi) is 2.66. The Labute approximate surface area is 113 Å². The van der Waals surface area contributed by atoms with Crippen molar-refractivity contribution in [1.29, 1.82) is 0 Å². The van der Waals surface area contributed by atoms with E-state index in [4.69, 9.17) is 4.74 Å². The van der Waals surface area contributed by atoms with Crippen LogP contribution >= 0.6 is 0 Å². The van der Waals surface area contributed by atoms with E-state index in [1.165, 1.54) is 6.42 Å². The molecule has 2 aliphatic carbocycles. The summed E-state index contributed by atoms with van der Waals surface area (Å²) in [6, 6.07) is 3.40. The van der Waals surface area contributed by atoms with Gasteiger partial charge in [-0.3, -0.25) is 9.78 Å². The maximum atomic E-state index is 11.5. The normalized spacial score (nSPS) is 27.3. The van der Waals surface area contributed by atoms with Gasteiger partial charge in [-0.05, 0) is 36.0 Å². The van der Waals surface area contributed by atoms with Gasteiger partial charge in [-0.2, -0.15) is 0 Å². The predicted molar refractivity (Wildman–Crippen MR) is 73.8 cm³/mol. The SMILES string of the molecule is CNC(=O)c1cc(OC2=CC3CC3(C)C=C2)ccn1.[HH]. The highest BCUT2D eigenvalue weighted by atomic mass is 16.5. The number of pyridine rings is 1. The Morgan fingerprint density at radius 2 is 2.47 bits per heavy atom. The molecule has 19 heavy (non-hydrogen) atoms. The molecule has 3 rings (SSSR count). The van der Waals surface area contributed by atoms with Gasteiger partial charge in [0.15, 0.2) is 0 Å². The van der Waals surface area contributed by atoms with Crippen LogP contribution in [-0.2, 0) is 0 Å². The van der Waals surface area contributed by atoms with Crippen molar-refractivity contribution in [3.8, 4) is 5.75 Å². The molecule has 2 unspecified atom stereocenters. The average Bonchev–Trinajstić information content (AvgIpc) is 3.09. The number of nitrogens with one attached hydrogen (secondary N) is 1. The Morgan fingerprint density at radius 3 is 3.21 bits per heavy atom. The van der Waals surface area contributed by atoms with Gasteiger partial charge in [-0.1, -0.05) is 13.0 Å². The van der Waals surface area contributed by atoms with E-state index in [-0.39, 0.29) is 7.33 Å². The van der Waals surface area contributed by atoms with Crippen LogP contribution in [0.2, 0.25) is 0 Å². The van der Waals surface area contributed by atoms with Crippen molar-refractivity contribution < 1.29 is 11.0 Å². The highest BCUT2D eigenvalue weighted by Gasteiger charge is 2.48. The molecule has 100 valence electrons. The maximum Gasteiger partial charge on any atom is 0.269 e. The standard InChI is InChI=1S/C15H16N2O2.H2/c1-15-5-3-11(7-10(15)9-15)19-12-4-6-17-13(8-12)14(18)16-2;/h3-8,10H,9H2,1-2H3,(H,16,18);1H. The molecule has 1 aromatic heterocycles. The number of nitrogens with zero attached hydrogens (tertiary/aromatic N) is 1. The lowest BCUT2D eigenvalue weighted by atomic mass is 10.0. The summed E-state index contributed by atoms with van der Waals surface area (Å²) < 4.78 is 5.79. The van der Waals surface area contributed by atoms with Crippen LogP contribution in [0.4, 0.5) is 0 Å². The van der Waals surface area contributed by atoms with Crippen LogP contribution in [0, 0.1) is 11.3 Å². The third-order valence-corrected chi connectivity index (χ3v) is 3.77. The molecule has 4 heteroatoms. The third kappa shape index (κ3) is 2.26. The summed E-state index contributed by atoms with van der Waals surface area (Å²) in [7, 11) is 1.58. The lowest BCUT2D eigenvalue weighted by Crippen LogP contribution is -2.19. The number of hydrogen-bond donors (Lipinski definition) is 1. The third-order valence-electron chi connectivity index (χ3n) is 3.77. The Hall–Kier alpha value is -2.10. The molecule has 1 fully saturated rings. The number of hydrogen-bond acceptors (Lipinski definition) is 3. The van der Waals surface area contributed by atoms with Gasteiger partial charge in [-0.15, -0.1) is 0 Å². The van der Waals surface area contributed by atoms with Crippen LogP contribution < -0.4 is 10.1 Å². The van der Waals surface area contributed by atoms with Gasteiger partial charge in [0.1, 0.15) is 17.2 Å². The maximum absolute atomic E-state index is 11.5. The van der Waals surface area contributed by atoms with Crippen molar-refractivity contribution in [1.82, 2.24) is 10.3 Å². The van der Waals surface area contributed by atoms with Gasteiger partial charge in [-0.25, -0.2) is 0 Å².